The summed E-state index contributed by atoms with van der Waals surface area (Å²) >= 11 is 3.11. The summed E-state index contributed by atoms with van der Waals surface area (Å²) < 4.78 is 28.6. The second-order valence-corrected chi connectivity index (χ2v) is 6.41. The average Bonchev–Trinajstić information content (AvgIpc) is 2.32. The lowest BCUT2D eigenvalue weighted by atomic mass is 9.93. The largest absolute Gasteiger partial charge is 0.361 e. The predicted molar refractivity (Wildman–Crippen MR) is 77.6 cm³/mol. The fourth-order valence-corrected chi connectivity index (χ4v) is 2.84. The van der Waals surface area contributed by atoms with Gasteiger partial charge in [0.1, 0.15) is 5.69 Å². The summed E-state index contributed by atoms with van der Waals surface area (Å²) in [6, 6.07) is 2.69. The highest BCUT2D eigenvalue weighted by molar-refractivity contribution is 9.10. The fraction of sp³-hybridized carbons (Fsp3) is 0.571. The number of anilines is 1. The summed E-state index contributed by atoms with van der Waals surface area (Å²) in [5.74, 6) is -1.03. The van der Waals surface area contributed by atoms with E-state index in [0.29, 0.717) is 11.0 Å². The molecular formula is C14H19BrF2N2. The van der Waals surface area contributed by atoms with Crippen molar-refractivity contribution in [1.82, 2.24) is 5.32 Å². The monoisotopic (exact) mass is 332 g/mol. The average molecular weight is 333 g/mol. The minimum Gasteiger partial charge on any atom is -0.361 e. The van der Waals surface area contributed by atoms with Crippen molar-refractivity contribution in [2.75, 3.05) is 18.0 Å². The van der Waals surface area contributed by atoms with Gasteiger partial charge in [-0.3, -0.25) is 0 Å². The minimum atomic E-state index is -0.515. The smallest absolute Gasteiger partial charge is 0.150 e. The Hall–Kier alpha value is -0.680. The number of halogens is 3. The summed E-state index contributed by atoms with van der Waals surface area (Å²) in [4.78, 5) is 1.83. The first-order chi connectivity index (χ1) is 8.86. The van der Waals surface area contributed by atoms with Crippen LogP contribution in [-0.4, -0.2) is 24.7 Å². The van der Waals surface area contributed by atoms with Crippen LogP contribution in [0.15, 0.2) is 16.6 Å². The Bertz CT molecular complexity index is 458. The van der Waals surface area contributed by atoms with Crippen molar-refractivity contribution < 1.29 is 8.78 Å². The molecule has 1 saturated heterocycles. The Kier molecular flexibility index (Phi) is 4.16. The fourth-order valence-electron chi connectivity index (χ4n) is 2.44. The van der Waals surface area contributed by atoms with Crippen molar-refractivity contribution in [3.63, 3.8) is 0 Å². The standard InChI is InChI=1S/C14H19BrF2N2/c1-4-14(3)8-19(9(2)7-18-14)13-11(16)5-10(15)6-12(13)17/h5-6,9,18H,4,7-8H2,1-3H3. The van der Waals surface area contributed by atoms with Crippen LogP contribution in [0, 0.1) is 11.6 Å². The van der Waals surface area contributed by atoms with Gasteiger partial charge >= 0.3 is 0 Å². The third-order valence-electron chi connectivity index (χ3n) is 3.92. The predicted octanol–water partition coefficient (Wildman–Crippen LogP) is 3.69. The first-order valence-corrected chi connectivity index (χ1v) is 7.32. The number of nitrogens with zero attached hydrogens (tertiary/aromatic N) is 1. The molecule has 1 aliphatic rings. The number of nitrogens with one attached hydrogen (secondary N) is 1. The van der Waals surface area contributed by atoms with Crippen LogP contribution in [0.4, 0.5) is 14.5 Å². The van der Waals surface area contributed by atoms with Crippen molar-refractivity contribution in [2.24, 2.45) is 0 Å². The topological polar surface area (TPSA) is 15.3 Å². The van der Waals surface area contributed by atoms with Crippen LogP contribution in [0.2, 0.25) is 0 Å². The van der Waals surface area contributed by atoms with Crippen LogP contribution in [-0.2, 0) is 0 Å². The maximum absolute atomic E-state index is 14.1. The van der Waals surface area contributed by atoms with Crippen molar-refractivity contribution in [2.45, 2.75) is 38.8 Å². The number of hydrogen-bond donors (Lipinski definition) is 1. The molecule has 1 aliphatic heterocycles. The summed E-state index contributed by atoms with van der Waals surface area (Å²) in [5, 5.41) is 3.45. The van der Waals surface area contributed by atoms with E-state index >= 15 is 0 Å². The van der Waals surface area contributed by atoms with E-state index in [-0.39, 0.29) is 17.3 Å². The van der Waals surface area contributed by atoms with Crippen LogP contribution < -0.4 is 10.2 Å². The van der Waals surface area contributed by atoms with Gasteiger partial charge in [-0.25, -0.2) is 8.78 Å². The van der Waals surface area contributed by atoms with Gasteiger partial charge in [0.25, 0.3) is 0 Å². The molecule has 1 fully saturated rings. The van der Waals surface area contributed by atoms with Gasteiger partial charge in [0, 0.05) is 29.1 Å². The molecule has 0 bridgehead atoms. The molecule has 1 heterocycles. The van der Waals surface area contributed by atoms with Gasteiger partial charge in [-0.2, -0.15) is 0 Å². The maximum atomic E-state index is 14.1. The highest BCUT2D eigenvalue weighted by Crippen LogP contribution is 2.31. The van der Waals surface area contributed by atoms with Crippen molar-refractivity contribution >= 4 is 21.6 Å². The summed E-state index contributed by atoms with van der Waals surface area (Å²) in [7, 11) is 0. The summed E-state index contributed by atoms with van der Waals surface area (Å²) in [6.45, 7) is 7.46. The van der Waals surface area contributed by atoms with Gasteiger partial charge in [-0.15, -0.1) is 0 Å². The molecule has 1 aromatic carbocycles. The first-order valence-electron chi connectivity index (χ1n) is 6.52. The van der Waals surface area contributed by atoms with Gasteiger partial charge in [-0.1, -0.05) is 22.9 Å². The van der Waals surface area contributed by atoms with E-state index in [9.17, 15) is 8.78 Å². The van der Waals surface area contributed by atoms with Gasteiger partial charge in [0.2, 0.25) is 0 Å². The molecule has 0 aromatic heterocycles. The molecule has 5 heteroatoms. The third kappa shape index (κ3) is 2.92. The molecular weight excluding hydrogens is 314 g/mol. The second kappa shape index (κ2) is 5.37. The normalized spacial score (nSPS) is 27.7. The highest BCUT2D eigenvalue weighted by Gasteiger charge is 2.35. The Balaban J connectivity index is 2.39. The molecule has 0 amide bonds. The molecule has 19 heavy (non-hydrogen) atoms. The zero-order valence-corrected chi connectivity index (χ0v) is 13.0. The van der Waals surface area contributed by atoms with E-state index in [1.54, 1.807) is 0 Å². The zero-order valence-electron chi connectivity index (χ0n) is 11.4. The number of piperazine rings is 1. The molecule has 2 nitrogen and oxygen atoms in total. The number of benzene rings is 1. The molecule has 0 aliphatic carbocycles. The van der Waals surface area contributed by atoms with E-state index in [1.807, 2.05) is 11.8 Å². The SMILES string of the molecule is CCC1(C)CN(c2c(F)cc(Br)cc2F)C(C)CN1. The van der Waals surface area contributed by atoms with Gasteiger partial charge in [0.05, 0.1) is 0 Å². The number of hydrogen-bond acceptors (Lipinski definition) is 2. The van der Waals surface area contributed by atoms with Gasteiger partial charge in [0.15, 0.2) is 11.6 Å². The van der Waals surface area contributed by atoms with Crippen LogP contribution in [0.5, 0.6) is 0 Å². The van der Waals surface area contributed by atoms with Gasteiger partial charge in [-0.05, 0) is 32.4 Å². The van der Waals surface area contributed by atoms with Crippen LogP contribution in [0.25, 0.3) is 0 Å². The molecule has 0 radical (unpaired) electrons. The van der Waals surface area contributed by atoms with Crippen molar-refractivity contribution in [3.8, 4) is 0 Å². The third-order valence-corrected chi connectivity index (χ3v) is 4.38. The van der Waals surface area contributed by atoms with E-state index in [2.05, 4.69) is 35.1 Å². The van der Waals surface area contributed by atoms with Crippen LogP contribution >= 0.6 is 15.9 Å². The Morgan fingerprint density at radius 2 is 2.00 bits per heavy atom. The lowest BCUT2D eigenvalue weighted by molar-refractivity contribution is 0.282. The highest BCUT2D eigenvalue weighted by atomic mass is 79.9. The molecule has 2 rings (SSSR count). The lowest BCUT2D eigenvalue weighted by Gasteiger charge is -2.46. The van der Waals surface area contributed by atoms with Crippen LogP contribution in [0.3, 0.4) is 0 Å². The summed E-state index contributed by atoms with van der Waals surface area (Å²) in [6.07, 6.45) is 0.913. The second-order valence-electron chi connectivity index (χ2n) is 5.49. The first kappa shape index (κ1) is 14.7. The Morgan fingerprint density at radius 3 is 2.53 bits per heavy atom. The van der Waals surface area contributed by atoms with Crippen molar-refractivity contribution in [3.05, 3.63) is 28.2 Å². The maximum Gasteiger partial charge on any atom is 0.150 e. The van der Waals surface area contributed by atoms with E-state index < -0.39 is 11.6 Å². The number of rotatable bonds is 2. The molecule has 0 spiro atoms. The molecule has 2 atom stereocenters. The van der Waals surface area contributed by atoms with E-state index in [0.717, 1.165) is 13.0 Å². The van der Waals surface area contributed by atoms with E-state index in [1.165, 1.54) is 12.1 Å². The zero-order chi connectivity index (χ0) is 14.2. The molecule has 0 saturated carbocycles. The lowest BCUT2D eigenvalue weighted by Crippen LogP contribution is -2.62. The Morgan fingerprint density at radius 1 is 1.42 bits per heavy atom. The molecule has 106 valence electrons. The summed E-state index contributed by atoms with van der Waals surface area (Å²) in [5.41, 5.74) is -0.0322. The quantitative estimate of drug-likeness (QED) is 0.888. The molecule has 1 aromatic rings. The Labute approximate surface area is 121 Å². The van der Waals surface area contributed by atoms with Gasteiger partial charge < -0.3 is 10.2 Å². The van der Waals surface area contributed by atoms with Crippen LogP contribution in [0.1, 0.15) is 27.2 Å². The van der Waals surface area contributed by atoms with Crippen molar-refractivity contribution in [1.29, 1.82) is 0 Å². The molecule has 1 N–H and O–H groups in total. The molecule has 2 unspecified atom stereocenters. The van der Waals surface area contributed by atoms with E-state index in [4.69, 9.17) is 0 Å². The minimum absolute atomic E-state index is 0.0600.